The molecule has 0 saturated carbocycles. The minimum Gasteiger partial charge on any atom is -0.490 e. The number of H-pyrrole nitrogens is 1. The fraction of sp³-hybridized carbons (Fsp3) is 0.357. The average Bonchev–Trinajstić information content (AvgIpc) is 2.83. The molecule has 0 fully saturated rings. The summed E-state index contributed by atoms with van der Waals surface area (Å²) < 4.78 is 11.2. The van der Waals surface area contributed by atoms with Crippen LogP contribution in [0.15, 0.2) is 30.3 Å². The van der Waals surface area contributed by atoms with E-state index < -0.39 is 0 Å². The summed E-state index contributed by atoms with van der Waals surface area (Å²) in [5.41, 5.74) is 2.12. The molecule has 1 aromatic carbocycles. The fourth-order valence-electron chi connectivity index (χ4n) is 1.75. The van der Waals surface area contributed by atoms with E-state index in [2.05, 4.69) is 15.5 Å². The molecule has 102 valence electrons. The van der Waals surface area contributed by atoms with Crippen molar-refractivity contribution in [3.05, 3.63) is 41.6 Å². The van der Waals surface area contributed by atoms with Gasteiger partial charge < -0.3 is 14.8 Å². The number of nitrogens with one attached hydrogen (secondary N) is 2. The van der Waals surface area contributed by atoms with E-state index in [9.17, 15) is 0 Å². The molecule has 1 aromatic heterocycles. The third kappa shape index (κ3) is 3.99. The van der Waals surface area contributed by atoms with Crippen LogP contribution in [0.3, 0.4) is 0 Å². The summed E-state index contributed by atoms with van der Waals surface area (Å²) in [5, 5.41) is 9.94. The summed E-state index contributed by atoms with van der Waals surface area (Å²) >= 11 is 0. The third-order valence-electron chi connectivity index (χ3n) is 2.61. The van der Waals surface area contributed by atoms with Crippen LogP contribution in [-0.4, -0.2) is 30.5 Å². The zero-order chi connectivity index (χ0) is 13.5. The number of aromatic nitrogens is 2. The first-order chi connectivity index (χ1) is 9.29. The molecule has 0 radical (unpaired) electrons. The summed E-state index contributed by atoms with van der Waals surface area (Å²) in [7, 11) is 1.92. The van der Waals surface area contributed by atoms with Crippen molar-refractivity contribution in [3.63, 3.8) is 0 Å². The highest BCUT2D eigenvalue weighted by molar-refractivity contribution is 5.33. The van der Waals surface area contributed by atoms with Crippen LogP contribution in [0.1, 0.15) is 11.3 Å². The number of ether oxygens (including phenoxy) is 2. The van der Waals surface area contributed by atoms with Crippen molar-refractivity contribution in [2.24, 2.45) is 0 Å². The van der Waals surface area contributed by atoms with Gasteiger partial charge in [-0.05, 0) is 20.0 Å². The molecule has 0 aliphatic rings. The number of hydrogen-bond acceptors (Lipinski definition) is 4. The normalized spacial score (nSPS) is 10.4. The zero-order valence-electron chi connectivity index (χ0n) is 11.3. The predicted molar refractivity (Wildman–Crippen MR) is 73.5 cm³/mol. The lowest BCUT2D eigenvalue weighted by Crippen LogP contribution is -2.12. The Balaban J connectivity index is 1.79. The second-order valence-electron chi connectivity index (χ2n) is 4.22. The molecule has 5 nitrogen and oxygen atoms in total. The summed E-state index contributed by atoms with van der Waals surface area (Å²) in [4.78, 5) is 0. The molecule has 1 heterocycles. The van der Waals surface area contributed by atoms with Crippen molar-refractivity contribution < 1.29 is 9.47 Å². The van der Waals surface area contributed by atoms with Crippen molar-refractivity contribution >= 4 is 0 Å². The Kier molecular flexibility index (Phi) is 4.80. The number of hydrogen-bond donors (Lipinski definition) is 2. The molecule has 2 aromatic rings. The number of nitrogens with zero attached hydrogens (tertiary/aromatic N) is 1. The first-order valence-corrected chi connectivity index (χ1v) is 6.29. The van der Waals surface area contributed by atoms with E-state index in [1.54, 1.807) is 0 Å². The average molecular weight is 261 g/mol. The maximum Gasteiger partial charge on any atom is 0.232 e. The quantitative estimate of drug-likeness (QED) is 0.747. The third-order valence-corrected chi connectivity index (χ3v) is 2.61. The van der Waals surface area contributed by atoms with E-state index >= 15 is 0 Å². The molecule has 0 unspecified atom stereocenters. The topological polar surface area (TPSA) is 59.2 Å². The lowest BCUT2D eigenvalue weighted by molar-refractivity contribution is 0.210. The highest BCUT2D eigenvalue weighted by atomic mass is 16.5. The standard InChI is InChI=1S/C14H19N3O2/c1-11-9-14(17-16-11)19-8-7-18-13-6-4-3-5-12(13)10-15-2/h3-6,9,15H,7-8,10H2,1-2H3,(H,16,17). The van der Waals surface area contributed by atoms with Crippen LogP contribution in [0.5, 0.6) is 11.6 Å². The highest BCUT2D eigenvalue weighted by Crippen LogP contribution is 2.17. The van der Waals surface area contributed by atoms with E-state index in [0.29, 0.717) is 19.1 Å². The maximum absolute atomic E-state index is 5.72. The van der Waals surface area contributed by atoms with E-state index in [0.717, 1.165) is 23.6 Å². The second-order valence-corrected chi connectivity index (χ2v) is 4.22. The van der Waals surface area contributed by atoms with Gasteiger partial charge in [-0.2, -0.15) is 0 Å². The summed E-state index contributed by atoms with van der Waals surface area (Å²) in [5.74, 6) is 1.49. The Bertz CT molecular complexity index is 511. The van der Waals surface area contributed by atoms with Gasteiger partial charge in [0.15, 0.2) is 0 Å². The number of aryl methyl sites for hydroxylation is 1. The van der Waals surface area contributed by atoms with E-state index in [-0.39, 0.29) is 0 Å². The minimum absolute atomic E-state index is 0.470. The first-order valence-electron chi connectivity index (χ1n) is 6.29. The van der Waals surface area contributed by atoms with Gasteiger partial charge in [0.2, 0.25) is 5.88 Å². The number of benzene rings is 1. The maximum atomic E-state index is 5.72. The molecule has 2 N–H and O–H groups in total. The van der Waals surface area contributed by atoms with Crippen LogP contribution in [0.2, 0.25) is 0 Å². The van der Waals surface area contributed by atoms with Crippen molar-refractivity contribution in [1.29, 1.82) is 0 Å². The van der Waals surface area contributed by atoms with E-state index in [1.807, 2.05) is 44.3 Å². The Labute approximate surface area is 112 Å². The van der Waals surface area contributed by atoms with Crippen LogP contribution in [0, 0.1) is 6.92 Å². The number of rotatable bonds is 7. The summed E-state index contributed by atoms with van der Waals surface area (Å²) in [6.07, 6.45) is 0. The molecule has 0 aliphatic heterocycles. The summed E-state index contributed by atoms with van der Waals surface area (Å²) in [6.45, 7) is 3.69. The number of aromatic amines is 1. The van der Waals surface area contributed by atoms with Gasteiger partial charge in [-0.3, -0.25) is 5.10 Å². The van der Waals surface area contributed by atoms with Crippen LogP contribution < -0.4 is 14.8 Å². The molecule has 0 aliphatic carbocycles. The van der Waals surface area contributed by atoms with Gasteiger partial charge in [-0.25, -0.2) is 0 Å². The fourth-order valence-corrected chi connectivity index (χ4v) is 1.75. The van der Waals surface area contributed by atoms with Crippen molar-refractivity contribution in [1.82, 2.24) is 15.5 Å². The SMILES string of the molecule is CNCc1ccccc1OCCOc1cc(C)[nH]n1. The van der Waals surface area contributed by atoms with Crippen LogP contribution in [-0.2, 0) is 6.54 Å². The molecule has 5 heteroatoms. The molecule has 19 heavy (non-hydrogen) atoms. The van der Waals surface area contributed by atoms with Crippen molar-refractivity contribution in [2.45, 2.75) is 13.5 Å². The van der Waals surface area contributed by atoms with Crippen LogP contribution in [0.25, 0.3) is 0 Å². The smallest absolute Gasteiger partial charge is 0.232 e. The molecule has 0 atom stereocenters. The zero-order valence-corrected chi connectivity index (χ0v) is 11.3. The largest absolute Gasteiger partial charge is 0.490 e. The van der Waals surface area contributed by atoms with Gasteiger partial charge in [-0.1, -0.05) is 18.2 Å². The molecular formula is C14H19N3O2. The van der Waals surface area contributed by atoms with Crippen LogP contribution >= 0.6 is 0 Å². The van der Waals surface area contributed by atoms with E-state index in [4.69, 9.17) is 9.47 Å². The van der Waals surface area contributed by atoms with Gasteiger partial charge in [0.25, 0.3) is 0 Å². The summed E-state index contributed by atoms with van der Waals surface area (Å²) in [6, 6.07) is 9.83. The Morgan fingerprint density at radius 1 is 1.21 bits per heavy atom. The molecule has 0 saturated heterocycles. The van der Waals surface area contributed by atoms with Crippen molar-refractivity contribution in [3.8, 4) is 11.6 Å². The predicted octanol–water partition coefficient (Wildman–Crippen LogP) is 1.90. The van der Waals surface area contributed by atoms with Crippen LogP contribution in [0.4, 0.5) is 0 Å². The molecule has 0 bridgehead atoms. The second kappa shape index (κ2) is 6.80. The lowest BCUT2D eigenvalue weighted by Gasteiger charge is -2.11. The minimum atomic E-state index is 0.470. The molecule has 0 spiro atoms. The van der Waals surface area contributed by atoms with Gasteiger partial charge >= 0.3 is 0 Å². The van der Waals surface area contributed by atoms with Gasteiger partial charge in [0, 0.05) is 23.9 Å². The molecule has 0 amide bonds. The van der Waals surface area contributed by atoms with Gasteiger partial charge in [0.1, 0.15) is 19.0 Å². The Morgan fingerprint density at radius 3 is 2.74 bits per heavy atom. The Hall–Kier alpha value is -2.01. The first kappa shape index (κ1) is 13.4. The molecule has 2 rings (SSSR count). The van der Waals surface area contributed by atoms with Gasteiger partial charge in [0.05, 0.1) is 0 Å². The van der Waals surface area contributed by atoms with Crippen molar-refractivity contribution in [2.75, 3.05) is 20.3 Å². The van der Waals surface area contributed by atoms with E-state index in [1.165, 1.54) is 0 Å². The monoisotopic (exact) mass is 261 g/mol. The Morgan fingerprint density at radius 2 is 2.00 bits per heavy atom. The lowest BCUT2D eigenvalue weighted by atomic mass is 10.2. The highest BCUT2D eigenvalue weighted by Gasteiger charge is 2.02. The molecular weight excluding hydrogens is 242 g/mol. The number of para-hydroxylation sites is 1. The van der Waals surface area contributed by atoms with Gasteiger partial charge in [-0.15, -0.1) is 5.10 Å².